The molecular weight excluding hydrogens is 377 g/mol. The monoisotopic (exact) mass is 397 g/mol. The van der Waals surface area contributed by atoms with Crippen LogP contribution >= 0.6 is 11.8 Å². The number of benzene rings is 2. The minimum Gasteiger partial charge on any atom is -0.378 e. The van der Waals surface area contributed by atoms with Crippen molar-refractivity contribution in [2.24, 2.45) is 0 Å². The number of carbonyl (C=O) groups excluding carboxylic acids is 1. The number of hydrogen-bond acceptors (Lipinski definition) is 5. The Hall–Kier alpha value is -2.93. The van der Waals surface area contributed by atoms with E-state index in [1.807, 2.05) is 43.3 Å². The Kier molecular flexibility index (Phi) is 5.65. The molecule has 7 heteroatoms. The van der Waals surface area contributed by atoms with E-state index in [0.717, 1.165) is 15.3 Å². The zero-order valence-electron chi connectivity index (χ0n) is 16.1. The van der Waals surface area contributed by atoms with Crippen molar-refractivity contribution < 1.29 is 9.18 Å². The van der Waals surface area contributed by atoms with Crippen LogP contribution in [0.2, 0.25) is 0 Å². The van der Waals surface area contributed by atoms with E-state index in [-0.39, 0.29) is 17.0 Å². The molecule has 1 aromatic heterocycles. The lowest BCUT2D eigenvalue weighted by atomic mass is 10.2. The topological polar surface area (TPSA) is 55.2 Å². The summed E-state index contributed by atoms with van der Waals surface area (Å²) < 4.78 is 14.4. The van der Waals surface area contributed by atoms with E-state index in [1.54, 1.807) is 6.92 Å². The van der Waals surface area contributed by atoms with Crippen molar-refractivity contribution in [3.63, 3.8) is 0 Å². The Morgan fingerprint density at radius 3 is 2.21 bits per heavy atom. The molecule has 5 nitrogen and oxygen atoms in total. The van der Waals surface area contributed by atoms with Gasteiger partial charge in [0.05, 0.1) is 10.6 Å². The van der Waals surface area contributed by atoms with Gasteiger partial charge in [-0.3, -0.25) is 9.59 Å². The maximum Gasteiger partial charge on any atom is 0.285 e. The normalized spacial score (nSPS) is 10.8. The summed E-state index contributed by atoms with van der Waals surface area (Å²) in [7, 11) is 3.91. The number of nitrogens with zero attached hydrogens (tertiary/aromatic N) is 3. The highest BCUT2D eigenvalue weighted by molar-refractivity contribution is 7.99. The second kappa shape index (κ2) is 7.98. The van der Waals surface area contributed by atoms with Gasteiger partial charge in [0, 0.05) is 31.6 Å². The molecule has 0 amide bonds. The molecule has 0 aliphatic rings. The molecule has 0 N–H and O–H groups in total. The van der Waals surface area contributed by atoms with Crippen LogP contribution in [0.3, 0.4) is 0 Å². The smallest absolute Gasteiger partial charge is 0.285 e. The Labute approximate surface area is 166 Å². The summed E-state index contributed by atoms with van der Waals surface area (Å²) >= 11 is 1.29. The molecule has 1 heterocycles. The van der Waals surface area contributed by atoms with Gasteiger partial charge in [-0.2, -0.15) is 9.78 Å². The van der Waals surface area contributed by atoms with Crippen molar-refractivity contribution in [3.8, 4) is 5.69 Å². The standard InChI is InChI=1S/C21H20FN3O2S/c1-13-19(14(2)26)23-25(17-7-5-15(22)6-8-17)21(27)20(13)28-18-11-9-16(10-12-18)24(3)4/h5-12H,1-4H3. The zero-order valence-corrected chi connectivity index (χ0v) is 16.9. The molecule has 0 radical (unpaired) electrons. The van der Waals surface area contributed by atoms with Crippen molar-refractivity contribution in [2.45, 2.75) is 23.6 Å². The summed E-state index contributed by atoms with van der Waals surface area (Å²) in [6, 6.07) is 13.2. The van der Waals surface area contributed by atoms with Gasteiger partial charge in [-0.15, -0.1) is 0 Å². The predicted octanol–water partition coefficient (Wildman–Crippen LogP) is 4.10. The average molecular weight is 397 g/mol. The molecule has 3 aromatic rings. The highest BCUT2D eigenvalue weighted by atomic mass is 32.2. The van der Waals surface area contributed by atoms with Gasteiger partial charge in [-0.1, -0.05) is 11.8 Å². The molecule has 2 aromatic carbocycles. The summed E-state index contributed by atoms with van der Waals surface area (Å²) in [4.78, 5) is 28.5. The van der Waals surface area contributed by atoms with Crippen molar-refractivity contribution in [1.29, 1.82) is 0 Å². The first-order valence-electron chi connectivity index (χ1n) is 8.64. The third kappa shape index (κ3) is 3.99. The van der Waals surface area contributed by atoms with Crippen molar-refractivity contribution >= 4 is 23.2 Å². The summed E-state index contributed by atoms with van der Waals surface area (Å²) in [5.41, 5.74) is 1.85. The lowest BCUT2D eigenvalue weighted by Crippen LogP contribution is -2.26. The molecule has 3 rings (SSSR count). The largest absolute Gasteiger partial charge is 0.378 e. The number of carbonyl (C=O) groups is 1. The molecule has 0 saturated carbocycles. The molecule has 0 aliphatic heterocycles. The fraction of sp³-hybridized carbons (Fsp3) is 0.190. The molecule has 144 valence electrons. The molecule has 28 heavy (non-hydrogen) atoms. The highest BCUT2D eigenvalue weighted by Gasteiger charge is 2.19. The lowest BCUT2D eigenvalue weighted by Gasteiger charge is -2.14. The second-order valence-electron chi connectivity index (χ2n) is 6.54. The van der Waals surface area contributed by atoms with Crippen LogP contribution in [0.1, 0.15) is 23.0 Å². The highest BCUT2D eigenvalue weighted by Crippen LogP contribution is 2.30. The third-order valence-electron chi connectivity index (χ3n) is 4.26. The molecule has 0 unspecified atom stereocenters. The number of anilines is 1. The maximum absolute atomic E-state index is 13.3. The van der Waals surface area contributed by atoms with Crippen molar-refractivity contribution in [1.82, 2.24) is 9.78 Å². The number of halogens is 1. The van der Waals surface area contributed by atoms with Gasteiger partial charge in [-0.25, -0.2) is 4.39 Å². The number of rotatable bonds is 5. The summed E-state index contributed by atoms with van der Waals surface area (Å²) in [6.45, 7) is 3.13. The van der Waals surface area contributed by atoms with Gasteiger partial charge < -0.3 is 4.90 Å². The minimum atomic E-state index is -0.411. The van der Waals surface area contributed by atoms with Crippen LogP contribution < -0.4 is 10.5 Å². The fourth-order valence-corrected chi connectivity index (χ4v) is 3.66. The predicted molar refractivity (Wildman–Crippen MR) is 109 cm³/mol. The summed E-state index contributed by atoms with van der Waals surface area (Å²) in [6.07, 6.45) is 0. The molecule has 0 spiro atoms. The number of aromatic nitrogens is 2. The molecule has 0 fully saturated rings. The Bertz CT molecular complexity index is 1070. The van der Waals surface area contributed by atoms with Gasteiger partial charge in [0.25, 0.3) is 5.56 Å². The quantitative estimate of drug-likeness (QED) is 0.607. The van der Waals surface area contributed by atoms with E-state index < -0.39 is 5.82 Å². The van der Waals surface area contributed by atoms with Gasteiger partial charge in [0.15, 0.2) is 5.78 Å². The molecule has 0 aliphatic carbocycles. The van der Waals surface area contributed by atoms with Crippen molar-refractivity contribution in [3.05, 3.63) is 76.0 Å². The van der Waals surface area contributed by atoms with Crippen molar-refractivity contribution in [2.75, 3.05) is 19.0 Å². The Morgan fingerprint density at radius 2 is 1.68 bits per heavy atom. The van der Waals surface area contributed by atoms with Crippen LogP contribution in [0.15, 0.2) is 63.1 Å². The van der Waals surface area contributed by atoms with Gasteiger partial charge in [-0.05, 0) is 61.0 Å². The fourth-order valence-electron chi connectivity index (χ4n) is 2.73. The van der Waals surface area contributed by atoms with E-state index in [4.69, 9.17) is 0 Å². The first-order chi connectivity index (χ1) is 13.3. The van der Waals surface area contributed by atoms with E-state index in [2.05, 4.69) is 5.10 Å². The average Bonchev–Trinajstić information content (AvgIpc) is 2.66. The zero-order chi connectivity index (χ0) is 20.4. The minimum absolute atomic E-state index is 0.219. The number of ketones is 1. The van der Waals surface area contributed by atoms with Gasteiger partial charge >= 0.3 is 0 Å². The number of Topliss-reactive ketones (excluding diaryl/α,β-unsaturated/α-hetero) is 1. The van der Waals surface area contributed by atoms with Gasteiger partial charge in [0.1, 0.15) is 11.5 Å². The molecular formula is C21H20FN3O2S. The first-order valence-corrected chi connectivity index (χ1v) is 9.45. The Morgan fingerprint density at radius 1 is 1.07 bits per heavy atom. The molecule has 0 atom stereocenters. The summed E-state index contributed by atoms with van der Waals surface area (Å²) in [5, 5.41) is 4.22. The SMILES string of the molecule is CC(=O)c1nn(-c2ccc(F)cc2)c(=O)c(Sc2ccc(N(C)C)cc2)c1C. The van der Waals surface area contributed by atoms with Crippen LogP contribution in [0, 0.1) is 12.7 Å². The second-order valence-corrected chi connectivity index (χ2v) is 7.63. The maximum atomic E-state index is 13.3. The van der Waals surface area contributed by atoms with E-state index in [1.165, 1.54) is 43.0 Å². The Balaban J connectivity index is 2.12. The third-order valence-corrected chi connectivity index (χ3v) is 5.45. The van der Waals surface area contributed by atoms with Gasteiger partial charge in [0.2, 0.25) is 0 Å². The van der Waals surface area contributed by atoms with E-state index in [0.29, 0.717) is 16.1 Å². The first kappa shape index (κ1) is 19.8. The van der Waals surface area contributed by atoms with Crippen LogP contribution in [0.25, 0.3) is 5.69 Å². The molecule has 0 bridgehead atoms. The van der Waals surface area contributed by atoms with Crippen LogP contribution in [0.4, 0.5) is 10.1 Å². The summed E-state index contributed by atoms with van der Waals surface area (Å²) in [5.74, 6) is -0.649. The van der Waals surface area contributed by atoms with E-state index in [9.17, 15) is 14.0 Å². The van der Waals surface area contributed by atoms with Crippen LogP contribution in [-0.4, -0.2) is 29.7 Å². The lowest BCUT2D eigenvalue weighted by molar-refractivity contribution is 0.101. The molecule has 0 saturated heterocycles. The van der Waals surface area contributed by atoms with Crippen LogP contribution in [-0.2, 0) is 0 Å². The van der Waals surface area contributed by atoms with E-state index >= 15 is 0 Å². The van der Waals surface area contributed by atoms with Crippen LogP contribution in [0.5, 0.6) is 0 Å². The number of hydrogen-bond donors (Lipinski definition) is 0.